The molecular weight excluding hydrogens is 264 g/mol. The van der Waals surface area contributed by atoms with E-state index in [2.05, 4.69) is 9.47 Å². The van der Waals surface area contributed by atoms with Crippen LogP contribution in [0.25, 0.3) is 0 Å². The van der Waals surface area contributed by atoms with Gasteiger partial charge in [-0.3, -0.25) is 9.59 Å². The number of hydrogen-bond acceptors (Lipinski definition) is 5. The first-order chi connectivity index (χ1) is 9.42. The summed E-state index contributed by atoms with van der Waals surface area (Å²) >= 11 is 0. The van der Waals surface area contributed by atoms with Gasteiger partial charge in [-0.1, -0.05) is 30.3 Å². The maximum absolute atomic E-state index is 11.9. The topological polar surface area (TPSA) is 93.1 Å². The number of ketones is 1. The van der Waals surface area contributed by atoms with Crippen LogP contribution >= 0.6 is 0 Å². The number of rotatable bonds is 8. The molecule has 0 saturated carbocycles. The summed E-state index contributed by atoms with van der Waals surface area (Å²) in [6.45, 7) is 0. The molecule has 2 N–H and O–H groups in total. The summed E-state index contributed by atoms with van der Waals surface area (Å²) in [6.07, 6.45) is -0.201. The van der Waals surface area contributed by atoms with E-state index in [-0.39, 0.29) is 12.8 Å². The van der Waals surface area contributed by atoms with E-state index >= 15 is 0 Å². The molecule has 0 spiro atoms. The monoisotopic (exact) mass is 282 g/mol. The Hall–Kier alpha value is -1.76. The van der Waals surface area contributed by atoms with Crippen LogP contribution in [0.3, 0.4) is 0 Å². The zero-order chi connectivity index (χ0) is 15.2. The molecule has 1 atom stereocenters. The molecule has 0 saturated heterocycles. The van der Waals surface area contributed by atoms with Gasteiger partial charge in [0.05, 0.1) is 5.92 Å². The van der Waals surface area contributed by atoms with Crippen LogP contribution in [0.2, 0.25) is 0 Å². The highest BCUT2D eigenvalue weighted by Gasteiger charge is 2.38. The van der Waals surface area contributed by atoms with Gasteiger partial charge in [0.15, 0.2) is 0 Å². The number of carbonyl (C=O) groups is 2. The summed E-state index contributed by atoms with van der Waals surface area (Å²) in [7, 11) is 2.21. The van der Waals surface area contributed by atoms with E-state index in [4.69, 9.17) is 0 Å². The predicted octanol–water partition coefficient (Wildman–Crippen LogP) is 0.828. The molecule has 0 aliphatic rings. The van der Waals surface area contributed by atoms with Gasteiger partial charge in [-0.2, -0.15) is 0 Å². The summed E-state index contributed by atoms with van der Waals surface area (Å²) in [4.78, 5) is 23.1. The smallest absolute Gasteiger partial charge is 0.343 e. The van der Waals surface area contributed by atoms with E-state index in [0.29, 0.717) is 0 Å². The molecule has 1 aromatic rings. The molecule has 0 amide bonds. The average Bonchev–Trinajstić information content (AvgIpc) is 2.46. The molecule has 20 heavy (non-hydrogen) atoms. The molecule has 1 unspecified atom stereocenters. The average molecular weight is 282 g/mol. The lowest BCUT2D eigenvalue weighted by atomic mass is 9.94. The van der Waals surface area contributed by atoms with Gasteiger partial charge in [0, 0.05) is 20.6 Å². The lowest BCUT2D eigenvalue weighted by Crippen LogP contribution is -2.44. The fourth-order valence-corrected chi connectivity index (χ4v) is 1.81. The second-order valence-electron chi connectivity index (χ2n) is 4.34. The normalized spacial score (nSPS) is 12.9. The first kappa shape index (κ1) is 16.3. The predicted molar refractivity (Wildman–Crippen MR) is 69.9 cm³/mol. The largest absolute Gasteiger partial charge is 0.481 e. The number of hydrogen-bond donors (Lipinski definition) is 2. The highest BCUT2D eigenvalue weighted by atomic mass is 16.8. The number of carboxylic acids is 1. The fraction of sp³-hybridized carbons (Fsp3) is 0.429. The number of aliphatic carboxylic acids is 1. The Morgan fingerprint density at radius 2 is 1.75 bits per heavy atom. The van der Waals surface area contributed by atoms with E-state index in [1.54, 1.807) is 24.3 Å². The second-order valence-corrected chi connectivity index (χ2v) is 4.34. The molecule has 6 heteroatoms. The molecule has 0 heterocycles. The maximum Gasteiger partial charge on any atom is 0.343 e. The van der Waals surface area contributed by atoms with Crippen molar-refractivity contribution in [1.29, 1.82) is 0 Å². The lowest BCUT2D eigenvalue weighted by Gasteiger charge is -2.23. The number of aliphatic hydroxyl groups is 1. The van der Waals surface area contributed by atoms with E-state index in [9.17, 15) is 19.8 Å². The molecule has 110 valence electrons. The van der Waals surface area contributed by atoms with Gasteiger partial charge in [0.2, 0.25) is 5.78 Å². The van der Waals surface area contributed by atoms with Crippen molar-refractivity contribution in [2.45, 2.75) is 18.8 Å². The van der Waals surface area contributed by atoms with E-state index in [1.807, 2.05) is 6.07 Å². The van der Waals surface area contributed by atoms with Gasteiger partial charge >= 0.3 is 11.9 Å². The molecule has 0 fully saturated rings. The number of carbonyl (C=O) groups excluding carboxylic acids is 1. The van der Waals surface area contributed by atoms with Crippen LogP contribution in [-0.2, 0) is 25.5 Å². The number of carboxylic acid groups (broad SMARTS) is 1. The molecule has 0 aromatic heterocycles. The standard InChI is InChI=1S/C14H18O6/c1-19-14(18,20-2)12(15)9-11(13(16)17)8-10-6-4-3-5-7-10/h3-7,11,18H,8-9H2,1-2H3,(H,16,17). The van der Waals surface area contributed by atoms with Gasteiger partial charge in [0.1, 0.15) is 0 Å². The van der Waals surface area contributed by atoms with Gasteiger partial charge in [-0.15, -0.1) is 0 Å². The Morgan fingerprint density at radius 1 is 1.20 bits per heavy atom. The third-order valence-electron chi connectivity index (χ3n) is 3.01. The van der Waals surface area contributed by atoms with Crippen molar-refractivity contribution in [3.05, 3.63) is 35.9 Å². The Kier molecular flexibility index (Phi) is 5.82. The maximum atomic E-state index is 11.9. The Morgan fingerprint density at radius 3 is 2.20 bits per heavy atom. The first-order valence-electron chi connectivity index (χ1n) is 6.05. The minimum atomic E-state index is -2.40. The second kappa shape index (κ2) is 7.14. The van der Waals surface area contributed by atoms with Crippen molar-refractivity contribution in [3.63, 3.8) is 0 Å². The first-order valence-corrected chi connectivity index (χ1v) is 6.05. The number of benzene rings is 1. The molecule has 1 aromatic carbocycles. The SMILES string of the molecule is COC(O)(OC)C(=O)CC(Cc1ccccc1)C(=O)O. The summed E-state index contributed by atoms with van der Waals surface area (Å²) in [5, 5.41) is 18.9. The van der Waals surface area contributed by atoms with Crippen LogP contribution < -0.4 is 0 Å². The lowest BCUT2D eigenvalue weighted by molar-refractivity contribution is -0.313. The molecule has 1 rings (SSSR count). The third-order valence-corrected chi connectivity index (χ3v) is 3.01. The number of methoxy groups -OCH3 is 2. The fourth-order valence-electron chi connectivity index (χ4n) is 1.81. The van der Waals surface area contributed by atoms with Crippen LogP contribution in [0.15, 0.2) is 30.3 Å². The van der Waals surface area contributed by atoms with Crippen LogP contribution in [0.5, 0.6) is 0 Å². The number of ether oxygens (including phenoxy) is 2. The van der Waals surface area contributed by atoms with Gasteiger partial charge in [0.25, 0.3) is 0 Å². The minimum absolute atomic E-state index is 0.186. The molecular formula is C14H18O6. The molecule has 0 radical (unpaired) electrons. The summed E-state index contributed by atoms with van der Waals surface area (Å²) in [5.41, 5.74) is 0.797. The summed E-state index contributed by atoms with van der Waals surface area (Å²) < 4.78 is 9.14. The van der Waals surface area contributed by atoms with Gasteiger partial charge in [-0.05, 0) is 12.0 Å². The Balaban J connectivity index is 2.78. The van der Waals surface area contributed by atoms with Crippen molar-refractivity contribution in [2.24, 2.45) is 5.92 Å². The molecule has 6 nitrogen and oxygen atoms in total. The van der Waals surface area contributed by atoms with Crippen molar-refractivity contribution >= 4 is 11.8 Å². The van der Waals surface area contributed by atoms with Crippen molar-refractivity contribution in [2.75, 3.05) is 14.2 Å². The highest BCUT2D eigenvalue weighted by molar-refractivity contribution is 5.88. The molecule has 0 aliphatic heterocycles. The molecule has 0 bridgehead atoms. The highest BCUT2D eigenvalue weighted by Crippen LogP contribution is 2.19. The molecule has 0 aliphatic carbocycles. The van der Waals surface area contributed by atoms with Gasteiger partial charge < -0.3 is 19.7 Å². The zero-order valence-corrected chi connectivity index (χ0v) is 11.4. The van der Waals surface area contributed by atoms with E-state index in [1.165, 1.54) is 0 Å². The van der Waals surface area contributed by atoms with Crippen LogP contribution in [-0.4, -0.2) is 42.2 Å². The van der Waals surface area contributed by atoms with Crippen molar-refractivity contribution < 1.29 is 29.3 Å². The quantitative estimate of drug-likeness (QED) is 0.686. The van der Waals surface area contributed by atoms with Crippen molar-refractivity contribution in [3.8, 4) is 0 Å². The Labute approximate surface area is 116 Å². The van der Waals surface area contributed by atoms with Crippen molar-refractivity contribution in [1.82, 2.24) is 0 Å². The van der Waals surface area contributed by atoms with Crippen LogP contribution in [0.1, 0.15) is 12.0 Å². The van der Waals surface area contributed by atoms with Gasteiger partial charge in [-0.25, -0.2) is 0 Å². The van der Waals surface area contributed by atoms with Crippen LogP contribution in [0, 0.1) is 5.92 Å². The Bertz CT molecular complexity index is 452. The summed E-state index contributed by atoms with van der Waals surface area (Å²) in [5.74, 6) is -5.30. The minimum Gasteiger partial charge on any atom is -0.481 e. The zero-order valence-electron chi connectivity index (χ0n) is 11.4. The third kappa shape index (κ3) is 4.12. The van der Waals surface area contributed by atoms with E-state index < -0.39 is 23.6 Å². The number of Topliss-reactive ketones (excluding diaryl/α,β-unsaturated/α-hetero) is 1. The van der Waals surface area contributed by atoms with Crippen LogP contribution in [0.4, 0.5) is 0 Å². The van der Waals surface area contributed by atoms with E-state index in [0.717, 1.165) is 19.8 Å². The summed E-state index contributed by atoms with van der Waals surface area (Å²) in [6, 6.07) is 8.95.